The summed E-state index contributed by atoms with van der Waals surface area (Å²) in [5.74, 6) is -0.918. The molecule has 2 saturated carbocycles. The zero-order chi connectivity index (χ0) is 29.4. The van der Waals surface area contributed by atoms with E-state index < -0.39 is 26.7 Å². The molecule has 1 aromatic carbocycles. The average molecular weight is 581 g/mol. The topological polar surface area (TPSA) is 156 Å². The highest BCUT2D eigenvalue weighted by Gasteiger charge is 2.53. The first kappa shape index (κ1) is 28.9. The maximum atomic E-state index is 13.1. The number of benzene rings is 1. The van der Waals surface area contributed by atoms with Gasteiger partial charge in [0.25, 0.3) is 10.0 Å². The van der Waals surface area contributed by atoms with Crippen LogP contribution in [0.5, 0.6) is 5.88 Å². The number of carbonyl (C=O) groups is 1. The first-order valence-corrected chi connectivity index (χ1v) is 15.3. The van der Waals surface area contributed by atoms with Crippen molar-refractivity contribution in [2.75, 3.05) is 11.3 Å². The van der Waals surface area contributed by atoms with E-state index >= 15 is 0 Å². The van der Waals surface area contributed by atoms with Crippen LogP contribution in [-0.4, -0.2) is 58.1 Å². The predicted octanol–water partition coefficient (Wildman–Crippen LogP) is 4.38. The molecule has 2 aliphatic rings. The number of aromatic nitrogens is 4. The summed E-state index contributed by atoms with van der Waals surface area (Å²) in [5.41, 5.74) is 3.35. The van der Waals surface area contributed by atoms with Gasteiger partial charge in [0.1, 0.15) is 6.61 Å². The van der Waals surface area contributed by atoms with Gasteiger partial charge in [0, 0.05) is 23.7 Å². The molecule has 11 nitrogen and oxygen atoms in total. The Morgan fingerprint density at radius 2 is 1.83 bits per heavy atom. The van der Waals surface area contributed by atoms with E-state index in [1.165, 1.54) is 25.7 Å². The van der Waals surface area contributed by atoms with Gasteiger partial charge in [0.2, 0.25) is 11.8 Å². The Hall–Kier alpha value is -3.64. The zero-order valence-corrected chi connectivity index (χ0v) is 24.5. The number of sulfonamides is 1. The summed E-state index contributed by atoms with van der Waals surface area (Å²) >= 11 is 0. The van der Waals surface area contributed by atoms with Crippen LogP contribution in [0.15, 0.2) is 41.7 Å². The Morgan fingerprint density at radius 3 is 2.46 bits per heavy atom. The first-order chi connectivity index (χ1) is 19.4. The number of aryl methyl sites for hydroxylation is 2. The van der Waals surface area contributed by atoms with Crippen LogP contribution < -0.4 is 14.8 Å². The summed E-state index contributed by atoms with van der Waals surface area (Å²) in [7, 11) is -4.35. The summed E-state index contributed by atoms with van der Waals surface area (Å²) in [6, 6.07) is 8.17. The molecule has 0 bridgehead atoms. The van der Waals surface area contributed by atoms with Crippen molar-refractivity contribution in [2.45, 2.75) is 76.9 Å². The summed E-state index contributed by atoms with van der Waals surface area (Å²) in [4.78, 5) is 27.6. The molecule has 2 heterocycles. The number of carboxylic acids is 1. The number of aromatic carboxylic acids is 1. The fourth-order valence-corrected chi connectivity index (χ4v) is 6.46. The third-order valence-corrected chi connectivity index (χ3v) is 8.95. The van der Waals surface area contributed by atoms with Crippen molar-refractivity contribution >= 4 is 21.9 Å². The minimum atomic E-state index is -4.35. The second-order valence-corrected chi connectivity index (χ2v) is 13.4. The van der Waals surface area contributed by atoms with E-state index in [9.17, 15) is 18.3 Å². The van der Waals surface area contributed by atoms with E-state index in [1.807, 2.05) is 32.0 Å². The highest BCUT2D eigenvalue weighted by Crippen LogP contribution is 2.60. The highest BCUT2D eigenvalue weighted by atomic mass is 32.2. The maximum Gasteiger partial charge on any atom is 0.356 e. The van der Waals surface area contributed by atoms with E-state index in [2.05, 4.69) is 43.8 Å². The fourth-order valence-electron chi connectivity index (χ4n) is 5.61. The third-order valence-electron chi connectivity index (χ3n) is 7.75. The molecule has 1 unspecified atom stereocenters. The molecule has 5 rings (SSSR count). The van der Waals surface area contributed by atoms with Crippen molar-refractivity contribution in [1.29, 1.82) is 0 Å². The molecule has 41 heavy (non-hydrogen) atoms. The molecule has 12 heteroatoms. The number of anilines is 1. The van der Waals surface area contributed by atoms with Gasteiger partial charge >= 0.3 is 5.97 Å². The van der Waals surface area contributed by atoms with Crippen LogP contribution in [0.25, 0.3) is 11.3 Å². The third kappa shape index (κ3) is 6.82. The molecule has 0 aliphatic heterocycles. The van der Waals surface area contributed by atoms with Gasteiger partial charge < -0.3 is 15.2 Å². The van der Waals surface area contributed by atoms with Gasteiger partial charge in [-0.2, -0.15) is 13.4 Å². The van der Waals surface area contributed by atoms with Crippen LogP contribution in [0, 0.1) is 25.2 Å². The monoisotopic (exact) mass is 580 g/mol. The Balaban J connectivity index is 1.42. The van der Waals surface area contributed by atoms with E-state index in [1.54, 1.807) is 6.07 Å². The lowest BCUT2D eigenvalue weighted by Gasteiger charge is -2.39. The highest BCUT2D eigenvalue weighted by molar-refractivity contribution is 7.92. The minimum absolute atomic E-state index is 0.115. The molecule has 2 aliphatic carbocycles. The number of ether oxygens (including phenoxy) is 1. The molecule has 1 spiro atoms. The second-order valence-electron chi connectivity index (χ2n) is 11.7. The lowest BCUT2D eigenvalue weighted by atomic mass is 9.76. The van der Waals surface area contributed by atoms with Crippen molar-refractivity contribution in [3.8, 4) is 17.1 Å². The molecule has 3 N–H and O–H groups in total. The lowest BCUT2D eigenvalue weighted by molar-refractivity contribution is 0.0689. The molecule has 0 saturated heterocycles. The largest absolute Gasteiger partial charge is 0.476 e. The number of rotatable bonds is 12. The summed E-state index contributed by atoms with van der Waals surface area (Å²) in [5, 5.41) is 12.4. The van der Waals surface area contributed by atoms with Crippen molar-refractivity contribution in [1.82, 2.24) is 25.3 Å². The summed E-state index contributed by atoms with van der Waals surface area (Å²) in [6.45, 7) is 8.63. The average Bonchev–Trinajstić information content (AvgIpc) is 3.67. The molecular weight excluding hydrogens is 544 g/mol. The summed E-state index contributed by atoms with van der Waals surface area (Å²) < 4.78 is 34.8. The molecule has 3 aromatic rings. The SMILES string of the molecule is Cc1cccc(C)c1-c1cc(OCC(CC(C)C)NC2CC3(CC3)C2)nc(NS(=O)(=O)c2cncc(C(=O)O)n2)n1. The molecule has 2 fully saturated rings. The molecule has 0 radical (unpaired) electrons. The van der Waals surface area contributed by atoms with Crippen LogP contribution >= 0.6 is 0 Å². The van der Waals surface area contributed by atoms with E-state index in [-0.39, 0.29) is 17.9 Å². The maximum absolute atomic E-state index is 13.1. The number of hydrogen-bond acceptors (Lipinski definition) is 9. The zero-order valence-electron chi connectivity index (χ0n) is 23.7. The van der Waals surface area contributed by atoms with Crippen LogP contribution in [0.2, 0.25) is 0 Å². The number of nitrogens with zero attached hydrogens (tertiary/aromatic N) is 4. The Morgan fingerprint density at radius 1 is 1.12 bits per heavy atom. The standard InChI is InChI=1S/C29H36N6O5S/c1-17(2)10-20(31-21-12-29(13-21)8-9-29)16-40-24-11-22(26-18(3)6-5-7-19(26)4)33-28(34-24)35-41(38,39)25-15-30-14-23(32-25)27(36)37/h5-7,11,14-15,17,20-21,31H,8-10,12-13,16H2,1-4H3,(H,36,37)(H,33,34,35). The molecular formula is C29H36N6O5S. The minimum Gasteiger partial charge on any atom is -0.476 e. The Labute approximate surface area is 240 Å². The van der Waals surface area contributed by atoms with E-state index in [4.69, 9.17) is 4.74 Å². The number of carboxylic acid groups (broad SMARTS) is 1. The van der Waals surface area contributed by atoms with Gasteiger partial charge in [-0.15, -0.1) is 0 Å². The fraction of sp³-hybridized carbons (Fsp3) is 0.483. The van der Waals surface area contributed by atoms with Gasteiger partial charge in [0.15, 0.2) is 10.7 Å². The Kier molecular flexibility index (Phi) is 7.97. The number of hydrogen-bond donors (Lipinski definition) is 3. The van der Waals surface area contributed by atoms with Crippen molar-refractivity contribution in [2.24, 2.45) is 11.3 Å². The van der Waals surface area contributed by atoms with E-state index in [0.29, 0.717) is 29.7 Å². The van der Waals surface area contributed by atoms with E-state index in [0.717, 1.165) is 35.5 Å². The number of nitrogens with one attached hydrogen (secondary N) is 2. The quantitative estimate of drug-likeness (QED) is 0.281. The van der Waals surface area contributed by atoms with Gasteiger partial charge in [-0.25, -0.2) is 19.5 Å². The van der Waals surface area contributed by atoms with Gasteiger partial charge in [-0.05, 0) is 68.4 Å². The molecule has 0 amide bonds. The molecule has 2 aromatic heterocycles. The molecule has 218 valence electrons. The lowest BCUT2D eigenvalue weighted by Crippen LogP contribution is -2.49. The Bertz CT molecular complexity index is 1530. The van der Waals surface area contributed by atoms with Crippen molar-refractivity contribution < 1.29 is 23.1 Å². The molecule has 1 atom stereocenters. The second kappa shape index (κ2) is 11.3. The summed E-state index contributed by atoms with van der Waals surface area (Å²) in [6.07, 6.45) is 7.97. The predicted molar refractivity (Wildman–Crippen MR) is 153 cm³/mol. The van der Waals surface area contributed by atoms with Crippen LogP contribution in [0.4, 0.5) is 5.95 Å². The normalized spacial score (nSPS) is 16.8. The first-order valence-electron chi connectivity index (χ1n) is 13.9. The van der Waals surface area contributed by atoms with Crippen LogP contribution in [0.1, 0.15) is 67.6 Å². The van der Waals surface area contributed by atoms with Crippen molar-refractivity contribution in [3.05, 3.63) is 53.5 Å². The van der Waals surface area contributed by atoms with Gasteiger partial charge in [-0.3, -0.25) is 4.98 Å². The van der Waals surface area contributed by atoms with Crippen molar-refractivity contribution in [3.63, 3.8) is 0 Å². The smallest absolute Gasteiger partial charge is 0.356 e. The van der Waals surface area contributed by atoms with Gasteiger partial charge in [-0.1, -0.05) is 32.0 Å². The van der Waals surface area contributed by atoms with Gasteiger partial charge in [0.05, 0.1) is 18.1 Å². The van der Waals surface area contributed by atoms with Crippen LogP contribution in [0.3, 0.4) is 0 Å². The van der Waals surface area contributed by atoms with Crippen LogP contribution in [-0.2, 0) is 10.0 Å².